The summed E-state index contributed by atoms with van der Waals surface area (Å²) in [7, 11) is 1.47. The van der Waals surface area contributed by atoms with Crippen molar-refractivity contribution in [3.63, 3.8) is 0 Å². The van der Waals surface area contributed by atoms with Crippen molar-refractivity contribution >= 4 is 23.5 Å². The highest BCUT2D eigenvalue weighted by atomic mass is 19.1. The molecular formula is C19H22FNO6. The summed E-state index contributed by atoms with van der Waals surface area (Å²) in [6.07, 6.45) is 2.45. The van der Waals surface area contributed by atoms with Gasteiger partial charge >= 0.3 is 11.9 Å². The molecule has 1 heterocycles. The quantitative estimate of drug-likeness (QED) is 0.532. The average Bonchev–Trinajstić information content (AvgIpc) is 3.02. The van der Waals surface area contributed by atoms with Crippen LogP contribution in [0.1, 0.15) is 46.8 Å². The molecule has 0 atom stereocenters. The third-order valence-corrected chi connectivity index (χ3v) is 4.45. The van der Waals surface area contributed by atoms with Crippen LogP contribution in [0, 0.1) is 6.92 Å². The maximum atomic E-state index is 12.8. The van der Waals surface area contributed by atoms with E-state index in [4.69, 9.17) is 14.6 Å². The second-order valence-electron chi connectivity index (χ2n) is 6.27. The molecule has 0 bridgehead atoms. The second-order valence-corrected chi connectivity index (χ2v) is 6.27. The molecule has 0 aromatic heterocycles. The molecule has 0 saturated carbocycles. The zero-order valence-corrected chi connectivity index (χ0v) is 15.5. The number of benzene rings is 1. The zero-order chi connectivity index (χ0) is 20.1. The lowest BCUT2D eigenvalue weighted by Crippen LogP contribution is -2.18. The van der Waals surface area contributed by atoms with Gasteiger partial charge in [-0.15, -0.1) is 0 Å². The minimum atomic E-state index is -1.23. The number of rotatable bonds is 8. The van der Waals surface area contributed by atoms with E-state index in [0.717, 1.165) is 5.57 Å². The number of ether oxygens (including phenoxy) is 2. The van der Waals surface area contributed by atoms with Crippen LogP contribution < -0.4 is 10.1 Å². The maximum absolute atomic E-state index is 12.8. The normalized spacial score (nSPS) is 13.2. The van der Waals surface area contributed by atoms with E-state index in [9.17, 15) is 18.8 Å². The molecule has 8 heteroatoms. The Morgan fingerprint density at radius 2 is 2.07 bits per heavy atom. The van der Waals surface area contributed by atoms with E-state index in [1.165, 1.54) is 7.11 Å². The van der Waals surface area contributed by atoms with E-state index >= 15 is 0 Å². The molecule has 0 saturated heterocycles. The van der Waals surface area contributed by atoms with E-state index in [0.29, 0.717) is 28.9 Å². The van der Waals surface area contributed by atoms with Gasteiger partial charge in [0.25, 0.3) is 5.91 Å². The summed E-state index contributed by atoms with van der Waals surface area (Å²) in [5.74, 6) is -1.88. The zero-order valence-electron chi connectivity index (χ0n) is 15.5. The first-order valence-electron chi connectivity index (χ1n) is 8.42. The largest absolute Gasteiger partial charge is 0.496 e. The Labute approximate surface area is 156 Å². The number of alkyl halides is 1. The van der Waals surface area contributed by atoms with E-state index in [1.807, 2.05) is 0 Å². The maximum Gasteiger partial charge on any atom is 0.341 e. The molecular weight excluding hydrogens is 357 g/mol. The fourth-order valence-electron chi connectivity index (χ4n) is 3.05. The Morgan fingerprint density at radius 3 is 2.67 bits per heavy atom. The number of carbonyl (C=O) groups is 3. The van der Waals surface area contributed by atoms with Crippen LogP contribution in [0.4, 0.5) is 10.1 Å². The molecule has 1 aromatic carbocycles. The smallest absolute Gasteiger partial charge is 0.341 e. The summed E-state index contributed by atoms with van der Waals surface area (Å²) in [5.41, 5.74) is 3.05. The molecule has 0 aliphatic carbocycles. The standard InChI is InChI=1S/C19H22FNO6/c1-10(5-7-15(23)24)4-6-12-17(21-14(22)8-20)16-13(9-27-19(16)25)11(2)18(12)26-3/h4H,5-9H2,1-3H3,(H,21,22)(H,23,24)/b10-4+. The summed E-state index contributed by atoms with van der Waals surface area (Å²) >= 11 is 0. The van der Waals surface area contributed by atoms with Gasteiger partial charge in [0.2, 0.25) is 0 Å². The number of nitrogens with one attached hydrogen (secondary N) is 1. The van der Waals surface area contributed by atoms with Crippen LogP contribution in [0.5, 0.6) is 5.75 Å². The fourth-order valence-corrected chi connectivity index (χ4v) is 3.05. The Hall–Kier alpha value is -2.90. The minimum absolute atomic E-state index is 0.000450. The minimum Gasteiger partial charge on any atom is -0.496 e. The Kier molecular flexibility index (Phi) is 6.55. The molecule has 27 heavy (non-hydrogen) atoms. The van der Waals surface area contributed by atoms with Gasteiger partial charge in [-0.25, -0.2) is 9.18 Å². The first-order chi connectivity index (χ1) is 12.8. The number of cyclic esters (lactones) is 1. The molecule has 1 amide bonds. The molecule has 0 radical (unpaired) electrons. The molecule has 2 rings (SSSR count). The Morgan fingerprint density at radius 1 is 1.37 bits per heavy atom. The molecule has 1 aliphatic heterocycles. The summed E-state index contributed by atoms with van der Waals surface area (Å²) in [4.78, 5) is 34.6. The van der Waals surface area contributed by atoms with Crippen LogP contribution in [0.15, 0.2) is 11.6 Å². The van der Waals surface area contributed by atoms with Gasteiger partial charge in [0, 0.05) is 17.5 Å². The number of halogens is 1. The van der Waals surface area contributed by atoms with Crippen molar-refractivity contribution in [2.45, 2.75) is 39.7 Å². The van der Waals surface area contributed by atoms with Gasteiger partial charge in [0.05, 0.1) is 18.4 Å². The highest BCUT2D eigenvalue weighted by molar-refractivity contribution is 6.06. The highest BCUT2D eigenvalue weighted by Crippen LogP contribution is 2.41. The number of fused-ring (bicyclic) bond motifs is 1. The number of hydrogen-bond acceptors (Lipinski definition) is 5. The second kappa shape index (κ2) is 8.66. The summed E-state index contributed by atoms with van der Waals surface area (Å²) < 4.78 is 23.4. The number of carboxylic acid groups (broad SMARTS) is 1. The van der Waals surface area contributed by atoms with Crippen molar-refractivity contribution in [3.05, 3.63) is 33.9 Å². The SMILES string of the molecule is COc1c(C)c2c(c(NC(=O)CF)c1C/C=C(\C)CCC(=O)O)C(=O)OC2. The number of allylic oxidation sites excluding steroid dienone is 2. The van der Waals surface area contributed by atoms with Crippen LogP contribution in [0.2, 0.25) is 0 Å². The van der Waals surface area contributed by atoms with Crippen molar-refractivity contribution in [1.29, 1.82) is 0 Å². The van der Waals surface area contributed by atoms with E-state index in [1.54, 1.807) is 19.9 Å². The highest BCUT2D eigenvalue weighted by Gasteiger charge is 2.32. The van der Waals surface area contributed by atoms with Gasteiger partial charge in [-0.2, -0.15) is 0 Å². The molecule has 2 N–H and O–H groups in total. The third-order valence-electron chi connectivity index (χ3n) is 4.45. The summed E-state index contributed by atoms with van der Waals surface area (Å²) in [5, 5.41) is 11.2. The average molecular weight is 379 g/mol. The number of esters is 1. The van der Waals surface area contributed by atoms with Crippen LogP contribution in [-0.4, -0.2) is 36.7 Å². The molecule has 146 valence electrons. The van der Waals surface area contributed by atoms with Crippen LogP contribution in [0.3, 0.4) is 0 Å². The molecule has 7 nitrogen and oxygen atoms in total. The first-order valence-corrected chi connectivity index (χ1v) is 8.42. The number of aliphatic carboxylic acids is 1. The van der Waals surface area contributed by atoms with Gasteiger partial charge in [0.1, 0.15) is 12.4 Å². The number of anilines is 1. The van der Waals surface area contributed by atoms with Crippen molar-refractivity contribution in [1.82, 2.24) is 0 Å². The van der Waals surface area contributed by atoms with Gasteiger partial charge in [0.15, 0.2) is 6.67 Å². The lowest BCUT2D eigenvalue weighted by atomic mass is 9.93. The van der Waals surface area contributed by atoms with Crippen molar-refractivity contribution in [2.24, 2.45) is 0 Å². The summed E-state index contributed by atoms with van der Waals surface area (Å²) in [6, 6.07) is 0. The molecule has 0 unspecified atom stereocenters. The van der Waals surface area contributed by atoms with Crippen molar-refractivity contribution in [3.8, 4) is 5.75 Å². The lowest BCUT2D eigenvalue weighted by Gasteiger charge is -2.19. The lowest BCUT2D eigenvalue weighted by molar-refractivity contribution is -0.137. The van der Waals surface area contributed by atoms with Crippen LogP contribution >= 0.6 is 0 Å². The molecule has 1 aromatic rings. The Bertz CT molecular complexity index is 815. The van der Waals surface area contributed by atoms with Gasteiger partial charge < -0.3 is 19.9 Å². The fraction of sp³-hybridized carbons (Fsp3) is 0.421. The number of carboxylic acids is 1. The van der Waals surface area contributed by atoms with Crippen LogP contribution in [0.25, 0.3) is 0 Å². The summed E-state index contributed by atoms with van der Waals surface area (Å²) in [6.45, 7) is 2.41. The van der Waals surface area contributed by atoms with Crippen molar-refractivity contribution < 1.29 is 33.4 Å². The number of hydrogen-bond donors (Lipinski definition) is 2. The van der Waals surface area contributed by atoms with Crippen LogP contribution in [-0.2, 0) is 27.4 Å². The number of amides is 1. The van der Waals surface area contributed by atoms with Gasteiger partial charge in [-0.05, 0) is 32.3 Å². The number of carbonyl (C=O) groups excluding carboxylic acids is 2. The first kappa shape index (κ1) is 20.4. The van der Waals surface area contributed by atoms with Gasteiger partial charge in [-0.1, -0.05) is 11.6 Å². The third kappa shape index (κ3) is 4.45. The van der Waals surface area contributed by atoms with Gasteiger partial charge in [-0.3, -0.25) is 9.59 Å². The topological polar surface area (TPSA) is 102 Å². The van der Waals surface area contributed by atoms with E-state index in [-0.39, 0.29) is 30.7 Å². The van der Waals surface area contributed by atoms with E-state index in [2.05, 4.69) is 5.32 Å². The Balaban J connectivity index is 2.53. The predicted molar refractivity (Wildman–Crippen MR) is 95.8 cm³/mol. The molecule has 1 aliphatic rings. The monoisotopic (exact) mass is 379 g/mol. The molecule has 0 fully saturated rings. The number of methoxy groups -OCH3 is 1. The van der Waals surface area contributed by atoms with E-state index < -0.39 is 24.5 Å². The van der Waals surface area contributed by atoms with Crippen molar-refractivity contribution in [2.75, 3.05) is 19.1 Å². The molecule has 0 spiro atoms. The predicted octanol–water partition coefficient (Wildman–Crippen LogP) is 2.94.